The summed E-state index contributed by atoms with van der Waals surface area (Å²) >= 11 is 7.61. The maximum Gasteiger partial charge on any atom is 0.318 e. The second kappa shape index (κ2) is 16.2. The van der Waals surface area contributed by atoms with E-state index in [9.17, 15) is 27.1 Å². The van der Waals surface area contributed by atoms with Gasteiger partial charge in [0.2, 0.25) is 10.0 Å². The van der Waals surface area contributed by atoms with Crippen LogP contribution in [0.15, 0.2) is 70.8 Å². The molecule has 15 heteroatoms. The van der Waals surface area contributed by atoms with E-state index in [1.54, 1.807) is 35.0 Å². The fraction of sp³-hybridized carbons (Fsp3) is 0.371. The van der Waals surface area contributed by atoms with Crippen molar-refractivity contribution in [1.29, 1.82) is 0 Å². The summed E-state index contributed by atoms with van der Waals surface area (Å²) in [5, 5.41) is 9.64. The number of hydrogen-bond acceptors (Lipinski definition) is 6. The molecule has 0 spiro atoms. The molecule has 0 unspecified atom stereocenters. The molecular formula is C35H43ClF3N4O5S2+. The molecule has 0 aliphatic carbocycles. The lowest BCUT2D eigenvalue weighted by Gasteiger charge is -2.28. The van der Waals surface area contributed by atoms with Gasteiger partial charge in [-0.25, -0.2) is 26.6 Å². The van der Waals surface area contributed by atoms with Crippen LogP contribution in [0.3, 0.4) is 0 Å². The molecule has 1 aromatic heterocycles. The number of carbonyl (C=O) groups is 1. The van der Waals surface area contributed by atoms with Crippen molar-refractivity contribution in [1.82, 2.24) is 13.9 Å². The molecule has 0 saturated heterocycles. The third-order valence-corrected chi connectivity index (χ3v) is 11.1. The Labute approximate surface area is 301 Å². The molecule has 0 fully saturated rings. The van der Waals surface area contributed by atoms with Crippen LogP contribution < -0.4 is 4.74 Å². The Hall–Kier alpha value is -3.56. The molecule has 0 saturated carbocycles. The Morgan fingerprint density at radius 2 is 1.72 bits per heavy atom. The maximum absolute atomic E-state index is 15.7. The number of carboxylic acid groups (broad SMARTS) is 1. The zero-order chi connectivity index (χ0) is 36.3. The lowest BCUT2D eigenvalue weighted by atomic mass is 9.81. The van der Waals surface area contributed by atoms with E-state index in [1.807, 2.05) is 35.0 Å². The fourth-order valence-electron chi connectivity index (χ4n) is 5.22. The number of imidazole rings is 1. The van der Waals surface area contributed by atoms with Crippen LogP contribution in [-0.4, -0.2) is 85.7 Å². The zero-order valence-corrected chi connectivity index (χ0v) is 30.4. The Morgan fingerprint density at radius 3 is 2.30 bits per heavy atom. The highest BCUT2D eigenvalue weighted by molar-refractivity contribution is 7.98. The number of sulfonamides is 1. The second-order valence-electron chi connectivity index (χ2n) is 13.0. The number of nitrogens with zero attached hydrogens (tertiary/aromatic N) is 4. The summed E-state index contributed by atoms with van der Waals surface area (Å²) in [5.74, 6) is -3.18. The van der Waals surface area contributed by atoms with E-state index in [-0.39, 0.29) is 36.1 Å². The lowest BCUT2D eigenvalue weighted by Crippen LogP contribution is -2.40. The third-order valence-electron chi connectivity index (χ3n) is 7.97. The molecule has 1 heterocycles. The number of methoxy groups -OCH3 is 1. The Kier molecular flexibility index (Phi) is 13.2. The van der Waals surface area contributed by atoms with Gasteiger partial charge in [-0.2, -0.15) is 4.31 Å². The molecular weight excluding hydrogens is 713 g/mol. The molecule has 0 radical (unpaired) electrons. The van der Waals surface area contributed by atoms with Gasteiger partial charge in [-0.3, -0.25) is 9.36 Å². The SMILES string of the molecule is C.COc1cc(C(C)(C)c2cnc(SCc3c(F)cc(S(=O)(=O)N(CCC[N+](C)(C)C)CC(=O)O)cc3Cl)n2-c2ccc(F)cc2)ccc1F. The Morgan fingerprint density at radius 1 is 1.06 bits per heavy atom. The first-order chi connectivity index (χ1) is 22.8. The molecule has 9 nitrogen and oxygen atoms in total. The number of hydrogen-bond donors (Lipinski definition) is 1. The molecule has 50 heavy (non-hydrogen) atoms. The van der Waals surface area contributed by atoms with Crippen LogP contribution in [0, 0.1) is 17.5 Å². The van der Waals surface area contributed by atoms with Crippen LogP contribution in [-0.2, 0) is 26.0 Å². The van der Waals surface area contributed by atoms with Crippen LogP contribution in [0.5, 0.6) is 5.75 Å². The van der Waals surface area contributed by atoms with Crippen molar-refractivity contribution in [2.75, 3.05) is 47.9 Å². The molecule has 4 aromatic rings. The van der Waals surface area contributed by atoms with E-state index in [4.69, 9.17) is 16.3 Å². The van der Waals surface area contributed by atoms with Gasteiger partial charge in [0.15, 0.2) is 16.7 Å². The van der Waals surface area contributed by atoms with Gasteiger partial charge < -0.3 is 14.3 Å². The zero-order valence-electron chi connectivity index (χ0n) is 28.0. The van der Waals surface area contributed by atoms with E-state index in [2.05, 4.69) is 4.98 Å². The number of quaternary nitrogens is 1. The molecule has 0 bridgehead atoms. The fourth-order valence-corrected chi connectivity index (χ4v) is 8.14. The molecule has 4 rings (SSSR count). The number of halogens is 4. The normalized spacial score (nSPS) is 12.2. The van der Waals surface area contributed by atoms with E-state index < -0.39 is 50.3 Å². The summed E-state index contributed by atoms with van der Waals surface area (Å²) in [6, 6.07) is 12.2. The predicted octanol–water partition coefficient (Wildman–Crippen LogP) is 7.38. The number of aromatic nitrogens is 2. The molecule has 0 aliphatic rings. The quantitative estimate of drug-likeness (QED) is 0.0999. The monoisotopic (exact) mass is 755 g/mol. The van der Waals surface area contributed by atoms with Gasteiger partial charge in [0.05, 0.1) is 51.6 Å². The van der Waals surface area contributed by atoms with Gasteiger partial charge in [-0.05, 0) is 54.1 Å². The standard InChI is InChI=1S/C34H38ClF3N4O5S2.CH4/c1-34(2,22-8-13-28(37)30(16-22)47-6)31-19-39-33(41(31)24-11-9-23(36)10-12-24)48-21-26-27(35)17-25(18-29(26)38)49(45,46)40(20-32(43)44)14-7-15-42(3,4)5;/h8-13,16-19H,7,14-15,20-21H2,1-6H3;1H4/p+1. The first kappa shape index (κ1) is 40.9. The van der Waals surface area contributed by atoms with E-state index in [0.29, 0.717) is 39.5 Å². The third kappa shape index (κ3) is 9.40. The number of thioether (sulfide) groups is 1. The molecule has 1 N–H and O–H groups in total. The van der Waals surface area contributed by atoms with Gasteiger partial charge >= 0.3 is 5.97 Å². The average molecular weight is 756 g/mol. The Balaban J connectivity index is 0.00000676. The summed E-state index contributed by atoms with van der Waals surface area (Å²) in [6.07, 6.45) is 2.01. The molecule has 0 atom stereocenters. The minimum atomic E-state index is -4.40. The average Bonchev–Trinajstić information content (AvgIpc) is 3.44. The van der Waals surface area contributed by atoms with Crippen molar-refractivity contribution < 1.29 is 40.7 Å². The summed E-state index contributed by atoms with van der Waals surface area (Å²) in [7, 11) is 2.76. The number of rotatable bonds is 15. The summed E-state index contributed by atoms with van der Waals surface area (Å²) in [6.45, 7) is 3.55. The summed E-state index contributed by atoms with van der Waals surface area (Å²) < 4.78 is 79.1. The lowest BCUT2D eigenvalue weighted by molar-refractivity contribution is -0.870. The summed E-state index contributed by atoms with van der Waals surface area (Å²) in [4.78, 5) is 15.7. The van der Waals surface area contributed by atoms with Crippen LogP contribution in [0.1, 0.15) is 44.5 Å². The van der Waals surface area contributed by atoms with Crippen molar-refractivity contribution in [2.24, 2.45) is 0 Å². The van der Waals surface area contributed by atoms with E-state index in [0.717, 1.165) is 28.2 Å². The minimum Gasteiger partial charge on any atom is -0.494 e. The van der Waals surface area contributed by atoms with Crippen molar-refractivity contribution in [3.05, 3.63) is 100 Å². The van der Waals surface area contributed by atoms with E-state index in [1.165, 1.54) is 25.3 Å². The van der Waals surface area contributed by atoms with Crippen molar-refractivity contribution >= 4 is 39.4 Å². The highest BCUT2D eigenvalue weighted by atomic mass is 35.5. The van der Waals surface area contributed by atoms with Crippen LogP contribution in [0.2, 0.25) is 5.02 Å². The van der Waals surface area contributed by atoms with Crippen molar-refractivity contribution in [3.8, 4) is 11.4 Å². The largest absolute Gasteiger partial charge is 0.494 e. The summed E-state index contributed by atoms with van der Waals surface area (Å²) in [5.41, 5.74) is 1.18. The van der Waals surface area contributed by atoms with Gasteiger partial charge in [-0.1, -0.05) is 50.7 Å². The molecule has 0 aliphatic heterocycles. The van der Waals surface area contributed by atoms with Crippen molar-refractivity contribution in [2.45, 2.75) is 48.9 Å². The number of benzene rings is 3. The maximum atomic E-state index is 15.7. The second-order valence-corrected chi connectivity index (χ2v) is 16.3. The van der Waals surface area contributed by atoms with Gasteiger partial charge in [0.25, 0.3) is 0 Å². The highest BCUT2D eigenvalue weighted by Crippen LogP contribution is 2.39. The molecule has 272 valence electrons. The topological polar surface area (TPSA) is 102 Å². The predicted molar refractivity (Wildman–Crippen MR) is 190 cm³/mol. The first-order valence-corrected chi connectivity index (χ1v) is 18.0. The number of aliphatic carboxylic acids is 1. The Bertz CT molecular complexity index is 1910. The van der Waals surface area contributed by atoms with Crippen LogP contribution >= 0.6 is 23.4 Å². The minimum absolute atomic E-state index is 0. The van der Waals surface area contributed by atoms with Crippen LogP contribution in [0.4, 0.5) is 13.2 Å². The van der Waals surface area contributed by atoms with Gasteiger partial charge in [0.1, 0.15) is 18.2 Å². The highest BCUT2D eigenvalue weighted by Gasteiger charge is 2.32. The number of ether oxygens (including phenoxy) is 1. The smallest absolute Gasteiger partial charge is 0.318 e. The van der Waals surface area contributed by atoms with Gasteiger partial charge in [-0.15, -0.1) is 0 Å². The van der Waals surface area contributed by atoms with Crippen molar-refractivity contribution in [3.63, 3.8) is 0 Å². The van der Waals surface area contributed by atoms with E-state index >= 15 is 4.39 Å². The molecule has 0 amide bonds. The van der Waals surface area contributed by atoms with Crippen LogP contribution in [0.25, 0.3) is 5.69 Å². The van der Waals surface area contributed by atoms with Gasteiger partial charge in [0, 0.05) is 40.4 Å². The number of carboxylic acids is 1. The molecule has 3 aromatic carbocycles. The first-order valence-electron chi connectivity index (χ1n) is 15.2.